The number of allylic oxidation sites excluding steroid dienone is 2. The van der Waals surface area contributed by atoms with Crippen molar-refractivity contribution in [1.29, 1.82) is 0 Å². The number of para-hydroxylation sites is 1. The van der Waals surface area contributed by atoms with E-state index >= 15 is 0 Å². The fourth-order valence-electron chi connectivity index (χ4n) is 4.82. The Balaban J connectivity index is 1.57. The molecule has 2 bridgehead atoms. The third kappa shape index (κ3) is 2.43. The number of aromatic hydroxyl groups is 1. The summed E-state index contributed by atoms with van der Waals surface area (Å²) in [6, 6.07) is 7.42. The fraction of sp³-hybridized carbons (Fsp3) is 0.444. The largest absolute Gasteiger partial charge is 0.507 e. The van der Waals surface area contributed by atoms with Gasteiger partial charge in [-0.05, 0) is 67.3 Å². The Morgan fingerprint density at radius 3 is 2.91 bits per heavy atom. The second-order valence-corrected chi connectivity index (χ2v) is 7.27. The van der Waals surface area contributed by atoms with E-state index in [2.05, 4.69) is 17.3 Å². The predicted octanol–water partition coefficient (Wildman–Crippen LogP) is 2.87. The van der Waals surface area contributed by atoms with Crippen LogP contribution in [0.15, 0.2) is 41.5 Å². The Morgan fingerprint density at radius 1 is 1.30 bits per heavy atom. The number of phenols is 1. The average molecular weight is 327 g/mol. The lowest BCUT2D eigenvalue weighted by atomic mass is 9.79. The molecule has 120 valence electrons. The fourth-order valence-corrected chi connectivity index (χ4v) is 5.00. The molecule has 23 heavy (non-hydrogen) atoms. The van der Waals surface area contributed by atoms with Crippen LogP contribution < -0.4 is 5.73 Å². The van der Waals surface area contributed by atoms with Gasteiger partial charge in [0.1, 0.15) is 5.75 Å². The van der Waals surface area contributed by atoms with Crippen molar-refractivity contribution in [2.24, 2.45) is 34.5 Å². The lowest BCUT2D eigenvalue weighted by molar-refractivity contribution is 0.166. The minimum atomic E-state index is 0.214. The molecule has 0 aromatic heterocycles. The molecule has 4 nitrogen and oxygen atoms in total. The van der Waals surface area contributed by atoms with E-state index in [0.717, 1.165) is 18.3 Å². The van der Waals surface area contributed by atoms with Crippen LogP contribution in [0.4, 0.5) is 0 Å². The minimum Gasteiger partial charge on any atom is -0.507 e. The molecule has 2 fully saturated rings. The van der Waals surface area contributed by atoms with Crippen molar-refractivity contribution in [2.75, 3.05) is 0 Å². The van der Waals surface area contributed by atoms with Crippen molar-refractivity contribution in [3.63, 3.8) is 0 Å². The minimum absolute atomic E-state index is 0.214. The second-order valence-electron chi connectivity index (χ2n) is 6.85. The molecule has 0 radical (unpaired) electrons. The number of rotatable bonds is 3. The van der Waals surface area contributed by atoms with Crippen LogP contribution in [0.25, 0.3) is 0 Å². The molecule has 5 atom stereocenters. The van der Waals surface area contributed by atoms with Crippen molar-refractivity contribution < 1.29 is 5.11 Å². The average Bonchev–Trinajstić information content (AvgIpc) is 3.21. The smallest absolute Gasteiger partial charge is 0.187 e. The van der Waals surface area contributed by atoms with E-state index in [1.54, 1.807) is 23.4 Å². The number of benzene rings is 1. The van der Waals surface area contributed by atoms with Crippen molar-refractivity contribution in [3.05, 3.63) is 42.0 Å². The Morgan fingerprint density at radius 2 is 2.13 bits per heavy atom. The van der Waals surface area contributed by atoms with Crippen molar-refractivity contribution in [2.45, 2.75) is 25.3 Å². The van der Waals surface area contributed by atoms with E-state index in [0.29, 0.717) is 22.5 Å². The maximum absolute atomic E-state index is 9.87. The van der Waals surface area contributed by atoms with Crippen LogP contribution in [0.2, 0.25) is 0 Å². The number of hydrogen-bond donors (Lipinski definition) is 2. The van der Waals surface area contributed by atoms with Gasteiger partial charge in [0.15, 0.2) is 5.11 Å². The van der Waals surface area contributed by atoms with Crippen LogP contribution >= 0.6 is 12.2 Å². The summed E-state index contributed by atoms with van der Waals surface area (Å²) in [6.45, 7) is 0. The molecule has 3 N–H and O–H groups in total. The van der Waals surface area contributed by atoms with Crippen molar-refractivity contribution >= 4 is 23.5 Å². The zero-order chi connectivity index (χ0) is 16.0. The van der Waals surface area contributed by atoms with Crippen LogP contribution in [0, 0.1) is 23.7 Å². The molecule has 5 heteroatoms. The molecular weight excluding hydrogens is 306 g/mol. The van der Waals surface area contributed by atoms with Gasteiger partial charge in [-0.25, -0.2) is 5.01 Å². The summed E-state index contributed by atoms with van der Waals surface area (Å²) >= 11 is 5.25. The van der Waals surface area contributed by atoms with Gasteiger partial charge >= 0.3 is 0 Å². The van der Waals surface area contributed by atoms with Crippen LogP contribution in [0.1, 0.15) is 24.8 Å². The standard InChI is InChI=1S/C18H21N3OS/c19-18(23)21(20-10-11-4-1-2-7-17(11)22)16-9-12-8-15(16)14-6-3-5-13(12)14/h1-4,6-7,10,12-16,22H,5,8-9H2,(H2,19,23)/b20-10+. The van der Waals surface area contributed by atoms with Gasteiger partial charge in [0, 0.05) is 5.56 Å². The van der Waals surface area contributed by atoms with Gasteiger partial charge in [-0.3, -0.25) is 0 Å². The zero-order valence-electron chi connectivity index (χ0n) is 12.9. The molecule has 0 aliphatic heterocycles. The van der Waals surface area contributed by atoms with E-state index in [1.165, 1.54) is 12.8 Å². The number of hydrazone groups is 1. The van der Waals surface area contributed by atoms with E-state index in [-0.39, 0.29) is 11.8 Å². The molecule has 3 aliphatic carbocycles. The zero-order valence-corrected chi connectivity index (χ0v) is 13.7. The highest BCUT2D eigenvalue weighted by atomic mass is 32.1. The Bertz CT molecular complexity index is 687. The Labute approximate surface area is 141 Å². The van der Waals surface area contributed by atoms with Crippen molar-refractivity contribution in [3.8, 4) is 5.75 Å². The van der Waals surface area contributed by atoms with E-state index < -0.39 is 0 Å². The normalized spacial score (nSPS) is 34.2. The Kier molecular flexibility index (Phi) is 3.60. The number of fused-ring (bicyclic) bond motifs is 5. The first-order valence-corrected chi connectivity index (χ1v) is 8.63. The summed E-state index contributed by atoms with van der Waals surface area (Å²) in [5.41, 5.74) is 6.63. The molecule has 1 aromatic carbocycles. The second kappa shape index (κ2) is 5.64. The molecule has 0 heterocycles. The van der Waals surface area contributed by atoms with Gasteiger partial charge in [-0.1, -0.05) is 24.3 Å². The summed E-state index contributed by atoms with van der Waals surface area (Å²) < 4.78 is 0. The SMILES string of the molecule is NC(=S)N(/N=C/c1ccccc1O)C1CC2CC1C1C=CCC21. The summed E-state index contributed by atoms with van der Waals surface area (Å²) in [5.74, 6) is 3.06. The van der Waals surface area contributed by atoms with Gasteiger partial charge in [0.05, 0.1) is 12.3 Å². The van der Waals surface area contributed by atoms with Gasteiger partial charge in [0.2, 0.25) is 0 Å². The molecule has 0 amide bonds. The highest BCUT2D eigenvalue weighted by molar-refractivity contribution is 7.80. The quantitative estimate of drug-likeness (QED) is 0.388. The molecule has 1 aromatic rings. The maximum atomic E-state index is 9.87. The third-order valence-electron chi connectivity index (χ3n) is 5.77. The van der Waals surface area contributed by atoms with E-state index in [4.69, 9.17) is 18.0 Å². The summed E-state index contributed by atoms with van der Waals surface area (Å²) in [6.07, 6.45) is 9.97. The van der Waals surface area contributed by atoms with Gasteiger partial charge in [0.25, 0.3) is 0 Å². The van der Waals surface area contributed by atoms with Gasteiger partial charge in [-0.2, -0.15) is 5.10 Å². The molecule has 0 spiro atoms. The van der Waals surface area contributed by atoms with E-state index in [1.807, 2.05) is 12.1 Å². The summed E-state index contributed by atoms with van der Waals surface area (Å²) in [4.78, 5) is 0. The lowest BCUT2D eigenvalue weighted by Crippen LogP contribution is -2.45. The highest BCUT2D eigenvalue weighted by Gasteiger charge is 2.54. The first kappa shape index (κ1) is 14.7. The van der Waals surface area contributed by atoms with Crippen LogP contribution in [0.3, 0.4) is 0 Å². The highest BCUT2D eigenvalue weighted by Crippen LogP contribution is 2.57. The van der Waals surface area contributed by atoms with E-state index in [9.17, 15) is 5.11 Å². The molecule has 0 saturated heterocycles. The topological polar surface area (TPSA) is 61.8 Å². The molecular formula is C18H21N3OS. The number of thiocarbonyl (C=S) groups is 1. The first-order chi connectivity index (χ1) is 11.1. The molecule has 3 aliphatic rings. The summed E-state index contributed by atoms with van der Waals surface area (Å²) in [7, 11) is 0. The number of hydrogen-bond acceptors (Lipinski definition) is 3. The Hall–Kier alpha value is -1.88. The predicted molar refractivity (Wildman–Crippen MR) is 95.1 cm³/mol. The third-order valence-corrected chi connectivity index (χ3v) is 5.96. The maximum Gasteiger partial charge on any atom is 0.187 e. The van der Waals surface area contributed by atoms with Gasteiger partial charge < -0.3 is 10.8 Å². The lowest BCUT2D eigenvalue weighted by Gasteiger charge is -2.36. The van der Waals surface area contributed by atoms with Gasteiger partial charge in [-0.15, -0.1) is 0 Å². The van der Waals surface area contributed by atoms with Crippen LogP contribution in [0.5, 0.6) is 5.75 Å². The van der Waals surface area contributed by atoms with Crippen LogP contribution in [-0.2, 0) is 0 Å². The van der Waals surface area contributed by atoms with Crippen LogP contribution in [-0.4, -0.2) is 27.5 Å². The number of phenolic OH excluding ortho intramolecular Hbond substituents is 1. The molecule has 4 rings (SSSR count). The molecule has 5 unspecified atom stereocenters. The number of nitrogens with zero attached hydrogens (tertiary/aromatic N) is 2. The number of nitrogens with two attached hydrogens (primary N) is 1. The first-order valence-electron chi connectivity index (χ1n) is 8.22. The monoisotopic (exact) mass is 327 g/mol. The summed E-state index contributed by atoms with van der Waals surface area (Å²) in [5, 5.41) is 16.5. The van der Waals surface area contributed by atoms with Crippen molar-refractivity contribution in [1.82, 2.24) is 5.01 Å². The molecule has 2 saturated carbocycles.